The lowest BCUT2D eigenvalue weighted by molar-refractivity contribution is 0.100. The highest BCUT2D eigenvalue weighted by atomic mass is 16.1. The maximum atomic E-state index is 12.2. The molecule has 0 unspecified atom stereocenters. The van der Waals surface area contributed by atoms with Gasteiger partial charge in [0.15, 0.2) is 0 Å². The van der Waals surface area contributed by atoms with Gasteiger partial charge in [-0.2, -0.15) is 0 Å². The van der Waals surface area contributed by atoms with Crippen LogP contribution in [0, 0.1) is 13.8 Å². The zero-order chi connectivity index (χ0) is 21.3. The fourth-order valence-corrected chi connectivity index (χ4v) is 4.49. The van der Waals surface area contributed by atoms with Crippen molar-refractivity contribution in [1.82, 2.24) is 4.57 Å². The van der Waals surface area contributed by atoms with Gasteiger partial charge in [-0.3, -0.25) is 4.79 Å². The summed E-state index contributed by atoms with van der Waals surface area (Å²) in [4.78, 5) is 12.2. The Morgan fingerprint density at radius 3 is 2.53 bits per heavy atom. The second-order valence-electron chi connectivity index (χ2n) is 8.39. The number of fused-ring (bicyclic) bond motifs is 3. The number of aryl methyl sites for hydroxylation is 3. The molecule has 0 saturated carbocycles. The molecular formula is C27H30N2O. The zero-order valence-corrected chi connectivity index (χ0v) is 18.2. The first-order chi connectivity index (χ1) is 14.5. The Morgan fingerprint density at radius 2 is 1.80 bits per heavy atom. The normalized spacial score (nSPS) is 11.4. The second-order valence-corrected chi connectivity index (χ2v) is 8.39. The van der Waals surface area contributed by atoms with Gasteiger partial charge in [0.2, 0.25) is 5.91 Å². The highest BCUT2D eigenvalue weighted by Crippen LogP contribution is 2.33. The Balaban J connectivity index is 1.93. The smallest absolute Gasteiger partial charge is 0.249 e. The van der Waals surface area contributed by atoms with Gasteiger partial charge in [-0.1, -0.05) is 61.7 Å². The quantitative estimate of drug-likeness (QED) is 0.365. The zero-order valence-electron chi connectivity index (χ0n) is 18.2. The number of carbonyl (C=O) groups is 1. The van der Waals surface area contributed by atoms with Crippen LogP contribution in [0.4, 0.5) is 0 Å². The number of nitrogens with two attached hydrogens (primary N) is 1. The number of aromatic nitrogens is 1. The van der Waals surface area contributed by atoms with Crippen molar-refractivity contribution in [1.29, 1.82) is 0 Å². The molecule has 0 aliphatic rings. The number of benzene rings is 3. The molecule has 3 aromatic carbocycles. The first-order valence-corrected chi connectivity index (χ1v) is 10.9. The molecule has 0 aliphatic heterocycles. The van der Waals surface area contributed by atoms with E-state index in [2.05, 4.69) is 67.8 Å². The van der Waals surface area contributed by atoms with E-state index in [0.29, 0.717) is 5.56 Å². The van der Waals surface area contributed by atoms with E-state index in [1.54, 1.807) is 0 Å². The largest absolute Gasteiger partial charge is 0.366 e. The van der Waals surface area contributed by atoms with Crippen LogP contribution in [0.3, 0.4) is 0 Å². The van der Waals surface area contributed by atoms with Crippen LogP contribution in [0.1, 0.15) is 58.8 Å². The molecular weight excluding hydrogens is 368 g/mol. The van der Waals surface area contributed by atoms with Crippen LogP contribution in [0.15, 0.2) is 54.6 Å². The van der Waals surface area contributed by atoms with Crippen molar-refractivity contribution in [3.63, 3.8) is 0 Å². The summed E-state index contributed by atoms with van der Waals surface area (Å²) in [6.45, 7) is 7.29. The van der Waals surface area contributed by atoms with Crippen LogP contribution in [0.5, 0.6) is 0 Å². The number of nitrogens with zero attached hydrogens (tertiary/aromatic N) is 1. The predicted octanol–water partition coefficient (Wildman–Crippen LogP) is 6.29. The van der Waals surface area contributed by atoms with Crippen LogP contribution >= 0.6 is 0 Å². The molecule has 0 fully saturated rings. The number of rotatable bonds is 7. The van der Waals surface area contributed by atoms with Crippen LogP contribution in [-0.4, -0.2) is 10.5 Å². The molecule has 0 aliphatic carbocycles. The molecule has 1 amide bonds. The van der Waals surface area contributed by atoms with E-state index >= 15 is 0 Å². The second kappa shape index (κ2) is 8.35. The summed E-state index contributed by atoms with van der Waals surface area (Å²) in [5.41, 5.74) is 13.8. The average Bonchev–Trinajstić information content (AvgIpc) is 3.03. The van der Waals surface area contributed by atoms with Crippen molar-refractivity contribution in [2.75, 3.05) is 0 Å². The number of amides is 1. The van der Waals surface area contributed by atoms with E-state index in [9.17, 15) is 4.79 Å². The van der Waals surface area contributed by atoms with Gasteiger partial charge < -0.3 is 10.3 Å². The van der Waals surface area contributed by atoms with E-state index in [1.165, 1.54) is 47.0 Å². The molecule has 0 spiro atoms. The van der Waals surface area contributed by atoms with Crippen LogP contribution < -0.4 is 5.73 Å². The molecule has 0 saturated heterocycles. The molecule has 2 N–H and O–H groups in total. The molecule has 1 aromatic heterocycles. The van der Waals surface area contributed by atoms with Gasteiger partial charge in [0.05, 0.1) is 5.52 Å². The molecule has 3 nitrogen and oxygen atoms in total. The Kier molecular flexibility index (Phi) is 5.63. The summed E-state index contributed by atoms with van der Waals surface area (Å²) in [6.07, 6.45) is 4.75. The minimum Gasteiger partial charge on any atom is -0.366 e. The predicted molar refractivity (Wildman–Crippen MR) is 126 cm³/mol. The highest BCUT2D eigenvalue weighted by molar-refractivity contribution is 6.18. The van der Waals surface area contributed by atoms with E-state index in [0.717, 1.165) is 29.3 Å². The summed E-state index contributed by atoms with van der Waals surface area (Å²) in [6, 6.07) is 19.2. The lowest BCUT2D eigenvalue weighted by atomic mass is 10.0. The summed E-state index contributed by atoms with van der Waals surface area (Å²) in [5.74, 6) is -0.377. The van der Waals surface area contributed by atoms with Gasteiger partial charge in [0.25, 0.3) is 0 Å². The molecule has 4 aromatic rings. The Bertz CT molecular complexity index is 1230. The molecule has 154 valence electrons. The summed E-state index contributed by atoms with van der Waals surface area (Å²) in [7, 11) is 0. The average molecular weight is 399 g/mol. The topological polar surface area (TPSA) is 48.0 Å². The highest BCUT2D eigenvalue weighted by Gasteiger charge is 2.17. The fraction of sp³-hybridized carbons (Fsp3) is 0.296. The van der Waals surface area contributed by atoms with Crippen molar-refractivity contribution in [3.8, 4) is 0 Å². The molecule has 3 heteroatoms. The van der Waals surface area contributed by atoms with Crippen molar-refractivity contribution in [2.45, 2.75) is 53.0 Å². The van der Waals surface area contributed by atoms with Gasteiger partial charge in [-0.05, 0) is 61.6 Å². The van der Waals surface area contributed by atoms with E-state index in [4.69, 9.17) is 5.73 Å². The number of primary amides is 1. The first-order valence-electron chi connectivity index (χ1n) is 10.9. The molecule has 0 bridgehead atoms. The van der Waals surface area contributed by atoms with Crippen LogP contribution in [0.25, 0.3) is 21.8 Å². The SMILES string of the molecule is CCCCCc1ccc2c3c(C(N)=O)cccc3n(Cc3ccc(C)cc3C)c2c1. The molecule has 1 heterocycles. The van der Waals surface area contributed by atoms with E-state index < -0.39 is 0 Å². The lowest BCUT2D eigenvalue weighted by Crippen LogP contribution is -2.11. The van der Waals surface area contributed by atoms with Crippen molar-refractivity contribution >= 4 is 27.7 Å². The minimum absolute atomic E-state index is 0.377. The third-order valence-electron chi connectivity index (χ3n) is 6.12. The van der Waals surface area contributed by atoms with Crippen molar-refractivity contribution < 1.29 is 4.79 Å². The van der Waals surface area contributed by atoms with Crippen LogP contribution in [0.2, 0.25) is 0 Å². The molecule has 4 rings (SSSR count). The number of carbonyl (C=O) groups excluding carboxylic acids is 1. The summed E-state index contributed by atoms with van der Waals surface area (Å²) >= 11 is 0. The number of hydrogen-bond acceptors (Lipinski definition) is 1. The van der Waals surface area contributed by atoms with Gasteiger partial charge in [0.1, 0.15) is 0 Å². The third-order valence-corrected chi connectivity index (χ3v) is 6.12. The Morgan fingerprint density at radius 1 is 0.967 bits per heavy atom. The standard InChI is InChI=1S/C27H30N2O/c1-4-5-6-8-20-12-14-22-25(16-20)29(17-21-13-11-18(2)15-19(21)3)24-10-7-9-23(26(22)24)27(28)30/h7,9-16H,4-6,8,17H2,1-3H3,(H2,28,30). The fourth-order valence-electron chi connectivity index (χ4n) is 4.49. The third kappa shape index (κ3) is 3.72. The Hall–Kier alpha value is -3.07. The van der Waals surface area contributed by atoms with Crippen LogP contribution in [-0.2, 0) is 13.0 Å². The van der Waals surface area contributed by atoms with E-state index in [-0.39, 0.29) is 5.91 Å². The van der Waals surface area contributed by atoms with Gasteiger partial charge in [-0.25, -0.2) is 0 Å². The van der Waals surface area contributed by atoms with Crippen molar-refractivity contribution in [2.24, 2.45) is 5.73 Å². The maximum absolute atomic E-state index is 12.2. The molecule has 0 radical (unpaired) electrons. The monoisotopic (exact) mass is 398 g/mol. The first kappa shape index (κ1) is 20.2. The Labute approximate surface area is 178 Å². The summed E-state index contributed by atoms with van der Waals surface area (Å²) < 4.78 is 2.35. The van der Waals surface area contributed by atoms with Gasteiger partial charge in [0, 0.05) is 28.4 Å². The molecule has 0 atom stereocenters. The summed E-state index contributed by atoms with van der Waals surface area (Å²) in [5, 5.41) is 2.06. The lowest BCUT2D eigenvalue weighted by Gasteiger charge is -2.12. The number of hydrogen-bond donors (Lipinski definition) is 1. The maximum Gasteiger partial charge on any atom is 0.249 e. The van der Waals surface area contributed by atoms with Gasteiger partial charge in [-0.15, -0.1) is 0 Å². The van der Waals surface area contributed by atoms with Gasteiger partial charge >= 0.3 is 0 Å². The minimum atomic E-state index is -0.377. The number of unbranched alkanes of at least 4 members (excludes halogenated alkanes) is 2. The van der Waals surface area contributed by atoms with E-state index in [1.807, 2.05) is 12.1 Å². The van der Waals surface area contributed by atoms with Crippen molar-refractivity contribution in [3.05, 3.63) is 82.4 Å². The molecule has 30 heavy (non-hydrogen) atoms.